The van der Waals surface area contributed by atoms with Gasteiger partial charge in [-0.3, -0.25) is 9.59 Å². The molecule has 7 heteroatoms. The lowest BCUT2D eigenvalue weighted by Gasteiger charge is -2.35. The second-order valence-electron chi connectivity index (χ2n) is 9.55. The first-order chi connectivity index (χ1) is 16.4. The smallest absolute Gasteiger partial charge is 0.407 e. The van der Waals surface area contributed by atoms with Crippen LogP contribution in [0.1, 0.15) is 56.1 Å². The summed E-state index contributed by atoms with van der Waals surface area (Å²) in [5, 5.41) is 14.6. The van der Waals surface area contributed by atoms with E-state index in [1.807, 2.05) is 31.2 Å². The predicted molar refractivity (Wildman–Crippen MR) is 128 cm³/mol. The summed E-state index contributed by atoms with van der Waals surface area (Å²) in [6.45, 7) is 2.64. The topological polar surface area (TPSA) is 105 Å². The Morgan fingerprint density at radius 3 is 2.26 bits per heavy atom. The summed E-state index contributed by atoms with van der Waals surface area (Å²) < 4.78 is 5.59. The first kappa shape index (κ1) is 23.8. The first-order valence-electron chi connectivity index (χ1n) is 12.0. The predicted octanol–water partition coefficient (Wildman–Crippen LogP) is 4.31. The van der Waals surface area contributed by atoms with Gasteiger partial charge in [-0.2, -0.15) is 0 Å². The molecule has 2 aromatic carbocycles. The van der Waals surface area contributed by atoms with Crippen LogP contribution < -0.4 is 10.6 Å². The molecular formula is C27H32N2O5. The Bertz CT molecular complexity index is 1000. The molecule has 180 valence electrons. The number of benzene rings is 2. The molecule has 1 saturated carbocycles. The lowest BCUT2D eigenvalue weighted by atomic mass is 9.78. The molecule has 0 saturated heterocycles. The average molecular weight is 465 g/mol. The van der Waals surface area contributed by atoms with E-state index in [0.29, 0.717) is 26.0 Å². The van der Waals surface area contributed by atoms with Crippen molar-refractivity contribution in [3.63, 3.8) is 0 Å². The van der Waals surface area contributed by atoms with Gasteiger partial charge in [-0.25, -0.2) is 4.79 Å². The number of carboxylic acids is 1. The molecule has 7 nitrogen and oxygen atoms in total. The van der Waals surface area contributed by atoms with Gasteiger partial charge in [0.2, 0.25) is 5.91 Å². The summed E-state index contributed by atoms with van der Waals surface area (Å²) in [6.07, 6.45) is 2.29. The number of carboxylic acid groups (broad SMARTS) is 1. The van der Waals surface area contributed by atoms with Crippen molar-refractivity contribution in [2.45, 2.75) is 51.0 Å². The molecule has 1 fully saturated rings. The van der Waals surface area contributed by atoms with Crippen LogP contribution >= 0.6 is 0 Å². The Balaban J connectivity index is 1.15. The summed E-state index contributed by atoms with van der Waals surface area (Å²) in [4.78, 5) is 35.2. The van der Waals surface area contributed by atoms with E-state index in [9.17, 15) is 14.4 Å². The number of amides is 2. The summed E-state index contributed by atoms with van der Waals surface area (Å²) in [7, 11) is 0. The third-order valence-corrected chi connectivity index (χ3v) is 6.86. The molecule has 0 radical (unpaired) electrons. The Labute approximate surface area is 199 Å². The zero-order chi connectivity index (χ0) is 24.1. The van der Waals surface area contributed by atoms with Crippen LogP contribution in [0.2, 0.25) is 0 Å². The highest BCUT2D eigenvalue weighted by atomic mass is 16.5. The van der Waals surface area contributed by atoms with E-state index in [2.05, 4.69) is 34.9 Å². The van der Waals surface area contributed by atoms with Gasteiger partial charge < -0.3 is 20.5 Å². The van der Waals surface area contributed by atoms with E-state index < -0.39 is 12.1 Å². The number of aliphatic carboxylic acids is 1. The van der Waals surface area contributed by atoms with E-state index in [1.165, 1.54) is 22.3 Å². The van der Waals surface area contributed by atoms with Gasteiger partial charge in [0.15, 0.2) is 0 Å². The summed E-state index contributed by atoms with van der Waals surface area (Å²) in [5.41, 5.74) is 4.76. The molecule has 4 rings (SSSR count). The molecule has 0 aliphatic heterocycles. The molecule has 0 bridgehead atoms. The number of carbonyl (C=O) groups excluding carboxylic acids is 2. The van der Waals surface area contributed by atoms with Crippen LogP contribution in [0.4, 0.5) is 4.79 Å². The van der Waals surface area contributed by atoms with E-state index >= 15 is 0 Å². The largest absolute Gasteiger partial charge is 0.481 e. The van der Waals surface area contributed by atoms with Crippen molar-refractivity contribution in [2.24, 2.45) is 11.8 Å². The van der Waals surface area contributed by atoms with Crippen LogP contribution in [0.25, 0.3) is 11.1 Å². The van der Waals surface area contributed by atoms with Crippen molar-refractivity contribution in [2.75, 3.05) is 13.2 Å². The minimum absolute atomic E-state index is 0.0212. The van der Waals surface area contributed by atoms with Crippen molar-refractivity contribution < 1.29 is 24.2 Å². The Morgan fingerprint density at radius 1 is 1.03 bits per heavy atom. The number of fused-ring (bicyclic) bond motifs is 3. The zero-order valence-electron chi connectivity index (χ0n) is 19.5. The van der Waals surface area contributed by atoms with Crippen LogP contribution in [0.3, 0.4) is 0 Å². The molecular weight excluding hydrogens is 432 g/mol. The van der Waals surface area contributed by atoms with Gasteiger partial charge in [0.25, 0.3) is 0 Å². The van der Waals surface area contributed by atoms with Crippen LogP contribution in [0, 0.1) is 11.8 Å². The van der Waals surface area contributed by atoms with E-state index in [4.69, 9.17) is 9.84 Å². The van der Waals surface area contributed by atoms with Crippen LogP contribution in [0.5, 0.6) is 0 Å². The van der Waals surface area contributed by atoms with Crippen LogP contribution in [-0.2, 0) is 14.3 Å². The standard InChI is InChI=1S/C27H32N2O5/c1-17(12-26(31)32)10-11-28-25(30)15-18-13-19(14-18)29-27(33)34-16-24-22-8-4-2-6-20(22)21-7-3-5-9-23(21)24/h2-9,17-19,24H,10-16H2,1H3,(H,28,30)(H,29,33)(H,31,32). The number of nitrogens with one attached hydrogen (secondary N) is 2. The van der Waals surface area contributed by atoms with E-state index in [1.54, 1.807) is 0 Å². The van der Waals surface area contributed by atoms with Crippen LogP contribution in [-0.4, -0.2) is 42.3 Å². The van der Waals surface area contributed by atoms with E-state index in [0.717, 1.165) is 12.8 Å². The number of hydrogen-bond donors (Lipinski definition) is 3. The number of alkyl carbamates (subject to hydrolysis) is 1. The Hall–Kier alpha value is -3.35. The molecule has 34 heavy (non-hydrogen) atoms. The number of carbonyl (C=O) groups is 3. The number of ether oxygens (including phenoxy) is 1. The summed E-state index contributed by atoms with van der Waals surface area (Å²) in [5.74, 6) is -0.521. The van der Waals surface area contributed by atoms with Gasteiger partial charge in [0.05, 0.1) is 0 Å². The highest BCUT2D eigenvalue weighted by Gasteiger charge is 2.33. The quantitative estimate of drug-likeness (QED) is 0.486. The number of rotatable bonds is 10. The first-order valence-corrected chi connectivity index (χ1v) is 12.0. The minimum Gasteiger partial charge on any atom is -0.481 e. The van der Waals surface area contributed by atoms with Gasteiger partial charge in [-0.15, -0.1) is 0 Å². The maximum Gasteiger partial charge on any atom is 0.407 e. The second-order valence-corrected chi connectivity index (χ2v) is 9.55. The lowest BCUT2D eigenvalue weighted by Crippen LogP contribution is -2.46. The molecule has 2 amide bonds. The molecule has 2 aromatic rings. The molecule has 0 spiro atoms. The fourth-order valence-corrected chi connectivity index (χ4v) is 5.02. The number of hydrogen-bond acceptors (Lipinski definition) is 4. The molecule has 2 aliphatic carbocycles. The normalized spacial score (nSPS) is 19.3. The van der Waals surface area contributed by atoms with Crippen molar-refractivity contribution in [1.29, 1.82) is 0 Å². The van der Waals surface area contributed by atoms with Crippen molar-refractivity contribution >= 4 is 18.0 Å². The monoisotopic (exact) mass is 464 g/mol. The maximum atomic E-state index is 12.4. The minimum atomic E-state index is -0.816. The molecule has 0 aromatic heterocycles. The lowest BCUT2D eigenvalue weighted by molar-refractivity contribution is -0.138. The van der Waals surface area contributed by atoms with Crippen molar-refractivity contribution in [1.82, 2.24) is 10.6 Å². The maximum absolute atomic E-state index is 12.4. The Morgan fingerprint density at radius 2 is 1.65 bits per heavy atom. The SMILES string of the molecule is CC(CCNC(=O)CC1CC(NC(=O)OCC2c3ccccc3-c3ccccc32)C1)CC(=O)O. The Kier molecular flexibility index (Phi) is 7.50. The summed E-state index contributed by atoms with van der Waals surface area (Å²) in [6, 6.07) is 16.5. The van der Waals surface area contributed by atoms with Gasteiger partial charge in [-0.1, -0.05) is 55.5 Å². The van der Waals surface area contributed by atoms with Gasteiger partial charge in [0, 0.05) is 31.3 Å². The third kappa shape index (κ3) is 5.76. The molecule has 1 atom stereocenters. The van der Waals surface area contributed by atoms with Crippen molar-refractivity contribution in [3.05, 3.63) is 59.7 Å². The fraction of sp³-hybridized carbons (Fsp3) is 0.444. The van der Waals surface area contributed by atoms with Gasteiger partial charge >= 0.3 is 12.1 Å². The summed E-state index contributed by atoms with van der Waals surface area (Å²) >= 11 is 0. The molecule has 1 unspecified atom stereocenters. The van der Waals surface area contributed by atoms with Gasteiger partial charge in [0.1, 0.15) is 6.61 Å². The molecule has 3 N–H and O–H groups in total. The molecule has 0 heterocycles. The average Bonchev–Trinajstić information content (AvgIpc) is 3.09. The third-order valence-electron chi connectivity index (χ3n) is 6.86. The van der Waals surface area contributed by atoms with Gasteiger partial charge in [-0.05, 0) is 53.4 Å². The molecule has 2 aliphatic rings. The van der Waals surface area contributed by atoms with Crippen LogP contribution in [0.15, 0.2) is 48.5 Å². The second kappa shape index (κ2) is 10.7. The highest BCUT2D eigenvalue weighted by molar-refractivity contribution is 5.79. The van der Waals surface area contributed by atoms with Crippen molar-refractivity contribution in [3.8, 4) is 11.1 Å². The highest BCUT2D eigenvalue weighted by Crippen LogP contribution is 2.44. The fourth-order valence-electron chi connectivity index (χ4n) is 5.02. The zero-order valence-corrected chi connectivity index (χ0v) is 19.5. The van der Waals surface area contributed by atoms with E-state index in [-0.39, 0.29) is 36.1 Å².